The van der Waals surface area contributed by atoms with Crippen LogP contribution in [0, 0.1) is 13.8 Å². The Morgan fingerprint density at radius 3 is 2.50 bits per heavy atom. The molecule has 108 valence electrons. The molecule has 0 saturated heterocycles. The van der Waals surface area contributed by atoms with Crippen LogP contribution < -0.4 is 10.1 Å². The summed E-state index contributed by atoms with van der Waals surface area (Å²) >= 11 is 1.74. The molecule has 1 N–H and O–H groups in total. The Morgan fingerprint density at radius 1 is 1.15 bits per heavy atom. The molecule has 2 aromatic rings. The second-order valence-corrected chi connectivity index (χ2v) is 5.75. The molecule has 0 radical (unpaired) electrons. The maximum absolute atomic E-state index is 5.53. The van der Waals surface area contributed by atoms with E-state index < -0.39 is 0 Å². The molecule has 0 unspecified atom stereocenters. The lowest BCUT2D eigenvalue weighted by molar-refractivity contribution is 0.146. The molecule has 0 atom stereocenters. The molecule has 0 aliphatic rings. The van der Waals surface area contributed by atoms with Crippen molar-refractivity contribution in [3.63, 3.8) is 0 Å². The van der Waals surface area contributed by atoms with Gasteiger partial charge in [0.25, 0.3) is 0 Å². The highest BCUT2D eigenvalue weighted by Gasteiger charge is 2.04. The summed E-state index contributed by atoms with van der Waals surface area (Å²) in [5, 5.41) is 4.51. The number of nitrogens with zero attached hydrogens (tertiary/aromatic N) is 1. The molecule has 0 amide bonds. The van der Waals surface area contributed by atoms with Crippen LogP contribution in [0.15, 0.2) is 24.3 Å². The zero-order valence-electron chi connectivity index (χ0n) is 12.1. The number of hydrogen-bond donors (Lipinski definition) is 1. The van der Waals surface area contributed by atoms with Gasteiger partial charge in [-0.2, -0.15) is 0 Å². The quantitative estimate of drug-likeness (QED) is 0.794. The van der Waals surface area contributed by atoms with Crippen LogP contribution in [0.2, 0.25) is 0 Å². The van der Waals surface area contributed by atoms with Crippen LogP contribution in [0.5, 0.6) is 5.75 Å². The van der Waals surface area contributed by atoms with Crippen LogP contribution in [-0.2, 0) is 11.3 Å². The minimum atomic E-state index is 0.572. The van der Waals surface area contributed by atoms with Gasteiger partial charge in [0.1, 0.15) is 12.4 Å². The van der Waals surface area contributed by atoms with Gasteiger partial charge in [0.05, 0.1) is 23.9 Å². The van der Waals surface area contributed by atoms with E-state index in [1.807, 2.05) is 38.1 Å². The average molecular weight is 292 g/mol. The summed E-state index contributed by atoms with van der Waals surface area (Å²) in [5.41, 5.74) is 2.19. The van der Waals surface area contributed by atoms with Gasteiger partial charge < -0.3 is 14.8 Å². The zero-order valence-corrected chi connectivity index (χ0v) is 12.9. The van der Waals surface area contributed by atoms with Gasteiger partial charge in [-0.25, -0.2) is 4.98 Å². The molecule has 20 heavy (non-hydrogen) atoms. The fourth-order valence-electron chi connectivity index (χ4n) is 1.83. The van der Waals surface area contributed by atoms with Crippen molar-refractivity contribution < 1.29 is 9.47 Å². The number of ether oxygens (including phenoxy) is 2. The highest BCUT2D eigenvalue weighted by Crippen LogP contribution is 2.20. The van der Waals surface area contributed by atoms with Crippen molar-refractivity contribution in [2.75, 3.05) is 25.6 Å². The Kier molecular flexibility index (Phi) is 5.38. The molecule has 0 aliphatic carbocycles. The predicted octanol–water partition coefficient (Wildman–Crippen LogP) is 3.40. The van der Waals surface area contributed by atoms with Gasteiger partial charge >= 0.3 is 0 Å². The smallest absolute Gasteiger partial charge is 0.119 e. The number of anilines is 1. The standard InChI is InChI=1S/C15H20N2O2S/c1-11-15(20-12(2)17-11)10-16-13-4-6-14(7-5-13)19-9-8-18-3/h4-7,16H,8-10H2,1-3H3. The summed E-state index contributed by atoms with van der Waals surface area (Å²) in [6, 6.07) is 7.96. The highest BCUT2D eigenvalue weighted by atomic mass is 32.1. The topological polar surface area (TPSA) is 43.4 Å². The number of aromatic nitrogens is 1. The Hall–Kier alpha value is -1.59. The molecule has 0 aliphatic heterocycles. The lowest BCUT2D eigenvalue weighted by Crippen LogP contribution is -2.04. The van der Waals surface area contributed by atoms with Crippen molar-refractivity contribution >= 4 is 17.0 Å². The van der Waals surface area contributed by atoms with E-state index in [4.69, 9.17) is 9.47 Å². The molecule has 1 heterocycles. The van der Waals surface area contributed by atoms with E-state index in [0.717, 1.165) is 28.7 Å². The Bertz CT molecular complexity index is 537. The molecule has 1 aromatic carbocycles. The molecule has 1 aromatic heterocycles. The van der Waals surface area contributed by atoms with Crippen LogP contribution in [0.1, 0.15) is 15.6 Å². The van der Waals surface area contributed by atoms with E-state index in [0.29, 0.717) is 13.2 Å². The fraction of sp³-hybridized carbons (Fsp3) is 0.400. The summed E-state index contributed by atoms with van der Waals surface area (Å²) < 4.78 is 10.5. The van der Waals surface area contributed by atoms with Crippen LogP contribution >= 0.6 is 11.3 Å². The molecule has 0 saturated carbocycles. The maximum Gasteiger partial charge on any atom is 0.119 e. The third-order valence-electron chi connectivity index (χ3n) is 2.86. The average Bonchev–Trinajstić information content (AvgIpc) is 2.76. The second kappa shape index (κ2) is 7.26. The molecule has 2 rings (SSSR count). The lowest BCUT2D eigenvalue weighted by atomic mass is 10.3. The normalized spacial score (nSPS) is 10.6. The summed E-state index contributed by atoms with van der Waals surface area (Å²) in [5.74, 6) is 0.859. The zero-order chi connectivity index (χ0) is 14.4. The van der Waals surface area contributed by atoms with Crippen LogP contribution in [0.25, 0.3) is 0 Å². The monoisotopic (exact) mass is 292 g/mol. The molecule has 5 heteroatoms. The number of hydrogen-bond acceptors (Lipinski definition) is 5. The van der Waals surface area contributed by atoms with E-state index in [1.165, 1.54) is 4.88 Å². The van der Waals surface area contributed by atoms with Gasteiger partial charge in [-0.05, 0) is 38.1 Å². The number of methoxy groups -OCH3 is 1. The molecule has 4 nitrogen and oxygen atoms in total. The maximum atomic E-state index is 5.53. The van der Waals surface area contributed by atoms with Crippen LogP contribution in [0.3, 0.4) is 0 Å². The van der Waals surface area contributed by atoms with Crippen LogP contribution in [-0.4, -0.2) is 25.3 Å². The lowest BCUT2D eigenvalue weighted by Gasteiger charge is -2.08. The number of thiazole rings is 1. The summed E-state index contributed by atoms with van der Waals surface area (Å²) in [7, 11) is 1.67. The summed E-state index contributed by atoms with van der Waals surface area (Å²) in [6.45, 7) is 6.06. The van der Waals surface area contributed by atoms with Gasteiger partial charge in [-0.15, -0.1) is 11.3 Å². The Labute approximate surface area is 123 Å². The SMILES string of the molecule is COCCOc1ccc(NCc2sc(C)nc2C)cc1. The third kappa shape index (κ3) is 4.21. The first-order valence-electron chi connectivity index (χ1n) is 6.57. The van der Waals surface area contributed by atoms with E-state index in [1.54, 1.807) is 18.4 Å². The van der Waals surface area contributed by atoms with Crippen molar-refractivity contribution in [2.45, 2.75) is 20.4 Å². The summed E-state index contributed by atoms with van der Waals surface area (Å²) in [6.07, 6.45) is 0. The van der Waals surface area contributed by atoms with Gasteiger partial charge in [-0.1, -0.05) is 0 Å². The number of nitrogens with one attached hydrogen (secondary N) is 1. The fourth-order valence-corrected chi connectivity index (χ4v) is 2.71. The first-order chi connectivity index (χ1) is 9.69. The van der Waals surface area contributed by atoms with Gasteiger partial charge in [0, 0.05) is 17.7 Å². The first kappa shape index (κ1) is 14.8. The van der Waals surface area contributed by atoms with E-state index >= 15 is 0 Å². The Balaban J connectivity index is 1.86. The van der Waals surface area contributed by atoms with E-state index in [2.05, 4.69) is 10.3 Å². The van der Waals surface area contributed by atoms with Crippen molar-refractivity contribution in [3.8, 4) is 5.75 Å². The highest BCUT2D eigenvalue weighted by molar-refractivity contribution is 7.11. The second-order valence-electron chi connectivity index (χ2n) is 4.46. The molecular formula is C15H20N2O2S. The first-order valence-corrected chi connectivity index (χ1v) is 7.39. The molecule has 0 fully saturated rings. The van der Waals surface area contributed by atoms with Gasteiger partial charge in [0.2, 0.25) is 0 Å². The summed E-state index contributed by atoms with van der Waals surface area (Å²) in [4.78, 5) is 5.71. The van der Waals surface area contributed by atoms with Crippen molar-refractivity contribution in [2.24, 2.45) is 0 Å². The molecule has 0 spiro atoms. The van der Waals surface area contributed by atoms with E-state index in [-0.39, 0.29) is 0 Å². The van der Waals surface area contributed by atoms with Crippen molar-refractivity contribution in [1.82, 2.24) is 4.98 Å². The number of rotatable bonds is 7. The minimum Gasteiger partial charge on any atom is -0.491 e. The van der Waals surface area contributed by atoms with Gasteiger partial charge in [0.15, 0.2) is 0 Å². The molecular weight excluding hydrogens is 272 g/mol. The predicted molar refractivity (Wildman–Crippen MR) is 82.7 cm³/mol. The van der Waals surface area contributed by atoms with Crippen molar-refractivity contribution in [1.29, 1.82) is 0 Å². The third-order valence-corrected chi connectivity index (χ3v) is 3.94. The van der Waals surface area contributed by atoms with Gasteiger partial charge in [-0.3, -0.25) is 0 Å². The van der Waals surface area contributed by atoms with Crippen molar-refractivity contribution in [3.05, 3.63) is 39.8 Å². The Morgan fingerprint density at radius 2 is 1.90 bits per heavy atom. The largest absolute Gasteiger partial charge is 0.491 e. The number of benzene rings is 1. The minimum absolute atomic E-state index is 0.572. The van der Waals surface area contributed by atoms with E-state index in [9.17, 15) is 0 Å². The van der Waals surface area contributed by atoms with Crippen LogP contribution in [0.4, 0.5) is 5.69 Å². The number of aryl methyl sites for hydroxylation is 2. The molecule has 0 bridgehead atoms.